The van der Waals surface area contributed by atoms with Crippen LogP contribution in [0, 0.1) is 87.2 Å². The van der Waals surface area contributed by atoms with Gasteiger partial charge in [0.05, 0.1) is 0 Å². The molecule has 118 valence electrons. The van der Waals surface area contributed by atoms with Crippen LogP contribution in [0.5, 0.6) is 0 Å². The minimum atomic E-state index is 0. The summed E-state index contributed by atoms with van der Waals surface area (Å²) < 4.78 is 0. The topological polar surface area (TPSA) is 0 Å². The Balaban J connectivity index is 0. The molecule has 23 heavy (non-hydrogen) atoms. The molecule has 2 saturated carbocycles. The Labute approximate surface area is 166 Å². The molecular weight excluding hydrogens is 355 g/mol. The van der Waals surface area contributed by atoms with E-state index in [-0.39, 0.29) is 37.0 Å². The summed E-state index contributed by atoms with van der Waals surface area (Å²) in [6.07, 6.45) is 26.1. The van der Waals surface area contributed by atoms with Crippen LogP contribution in [0.3, 0.4) is 0 Å². The van der Waals surface area contributed by atoms with Gasteiger partial charge >= 0.3 is 26.2 Å². The molecule has 0 amide bonds. The number of hydrogen-bond acceptors (Lipinski definition) is 0. The molecular formula is C22H28Zr+2. The Kier molecular flexibility index (Phi) is 16.0. The molecule has 0 atom stereocenters. The first-order valence-electron chi connectivity index (χ1n) is 7.58. The predicted octanol–water partition coefficient (Wildman–Crippen LogP) is 5.59. The molecule has 2 rings (SSSR count). The van der Waals surface area contributed by atoms with Crippen LogP contribution >= 0.6 is 0 Å². The van der Waals surface area contributed by atoms with E-state index >= 15 is 0 Å². The van der Waals surface area contributed by atoms with Gasteiger partial charge in [0.2, 0.25) is 0 Å². The SMILES string of the molecule is CC(C)(C)[C-]=C=C=[C-]C(C)(C)C.[CH]1[CH][CH][CH][CH]1.[CH]1[CH][CH][CH][CH]1.[Zr+4]. The Morgan fingerprint density at radius 3 is 0.783 bits per heavy atom. The Morgan fingerprint density at radius 2 is 0.652 bits per heavy atom. The normalized spacial score (nSPS) is 16.4. The van der Waals surface area contributed by atoms with E-state index < -0.39 is 0 Å². The standard InChI is InChI=1S/C12H18.2C5H5.Zr/c1-11(2,3)9-7-8-10-12(4,5)6;2*1-2-4-5-3-1;/h1-6H3;2*1-5H;/q-2;;;+4. The predicted molar refractivity (Wildman–Crippen MR) is 95.4 cm³/mol. The third-order valence-corrected chi connectivity index (χ3v) is 2.05. The van der Waals surface area contributed by atoms with Crippen molar-refractivity contribution in [3.8, 4) is 0 Å². The van der Waals surface area contributed by atoms with Crippen molar-refractivity contribution in [1.82, 2.24) is 0 Å². The molecule has 2 aliphatic carbocycles. The van der Waals surface area contributed by atoms with Crippen LogP contribution < -0.4 is 0 Å². The third kappa shape index (κ3) is 24.6. The maximum atomic E-state index is 3.07. The molecule has 0 bridgehead atoms. The second-order valence-electron chi connectivity index (χ2n) is 6.92. The van der Waals surface area contributed by atoms with E-state index in [1.165, 1.54) is 0 Å². The molecule has 0 aromatic heterocycles. The summed E-state index contributed by atoms with van der Waals surface area (Å²) in [6, 6.07) is 0. The van der Waals surface area contributed by atoms with Crippen LogP contribution in [-0.2, 0) is 26.2 Å². The quantitative estimate of drug-likeness (QED) is 0.378. The summed E-state index contributed by atoms with van der Waals surface area (Å²) in [6.45, 7) is 12.5. The molecule has 0 N–H and O–H groups in total. The van der Waals surface area contributed by atoms with Gasteiger partial charge in [0.25, 0.3) is 0 Å². The molecule has 0 unspecified atom stereocenters. The van der Waals surface area contributed by atoms with E-state index in [4.69, 9.17) is 0 Å². The van der Waals surface area contributed by atoms with E-state index in [2.05, 4.69) is 65.2 Å². The van der Waals surface area contributed by atoms with Gasteiger partial charge in [0.1, 0.15) is 0 Å². The molecule has 1 heteroatoms. The van der Waals surface area contributed by atoms with E-state index in [0.717, 1.165) is 0 Å². The van der Waals surface area contributed by atoms with Crippen molar-refractivity contribution in [2.24, 2.45) is 10.8 Å². The van der Waals surface area contributed by atoms with Crippen molar-refractivity contribution in [1.29, 1.82) is 0 Å². The fourth-order valence-corrected chi connectivity index (χ4v) is 1.08. The molecule has 0 saturated heterocycles. The summed E-state index contributed by atoms with van der Waals surface area (Å²) >= 11 is 0. The van der Waals surface area contributed by atoms with Crippen LogP contribution in [0.25, 0.3) is 0 Å². The minimum absolute atomic E-state index is 0. The first-order chi connectivity index (χ1) is 10.2. The molecule has 0 aromatic rings. The van der Waals surface area contributed by atoms with E-state index in [1.807, 2.05) is 64.2 Å². The fraction of sp³-hybridized carbons (Fsp3) is 0.364. The molecule has 2 aliphatic rings. The summed E-state index contributed by atoms with van der Waals surface area (Å²) in [5, 5.41) is 0. The molecule has 0 nitrogen and oxygen atoms in total. The van der Waals surface area contributed by atoms with Gasteiger partial charge in [-0.25, -0.2) is 0 Å². The number of hydrogen-bond donors (Lipinski definition) is 0. The van der Waals surface area contributed by atoms with Crippen LogP contribution in [0.2, 0.25) is 0 Å². The summed E-state index contributed by atoms with van der Waals surface area (Å²) in [5.74, 6) is 0. The smallest absolute Gasteiger partial charge is 0.533 e. The molecule has 0 heterocycles. The summed E-state index contributed by atoms with van der Waals surface area (Å²) in [7, 11) is 0. The zero-order valence-corrected chi connectivity index (χ0v) is 17.7. The average molecular weight is 384 g/mol. The second kappa shape index (κ2) is 14.5. The van der Waals surface area contributed by atoms with Gasteiger partial charge in [-0.05, 0) is 64.2 Å². The van der Waals surface area contributed by atoms with Gasteiger partial charge in [-0.15, -0.1) is 10.8 Å². The molecule has 0 spiro atoms. The van der Waals surface area contributed by atoms with Gasteiger partial charge in [-0.3, -0.25) is 0 Å². The van der Waals surface area contributed by atoms with Gasteiger partial charge in [-0.2, -0.15) is 0 Å². The Morgan fingerprint density at radius 1 is 0.478 bits per heavy atom. The van der Waals surface area contributed by atoms with Gasteiger partial charge in [-0.1, -0.05) is 41.5 Å². The van der Waals surface area contributed by atoms with Crippen molar-refractivity contribution in [3.05, 3.63) is 87.8 Å². The summed E-state index contributed by atoms with van der Waals surface area (Å²) in [4.78, 5) is 0. The molecule has 2 fully saturated rings. The maximum Gasteiger partial charge on any atom is 4.00 e. The van der Waals surface area contributed by atoms with Crippen molar-refractivity contribution < 1.29 is 26.2 Å². The molecule has 0 aliphatic heterocycles. The van der Waals surface area contributed by atoms with Crippen molar-refractivity contribution >= 4 is 0 Å². The maximum absolute atomic E-state index is 3.07. The van der Waals surface area contributed by atoms with Crippen LogP contribution in [0.1, 0.15) is 41.5 Å². The van der Waals surface area contributed by atoms with Crippen molar-refractivity contribution in [2.75, 3.05) is 0 Å². The largest absolute Gasteiger partial charge is 4.00 e. The second-order valence-corrected chi connectivity index (χ2v) is 6.92. The molecule has 10 radical (unpaired) electrons. The number of allylic oxidation sites excluding steroid dienone is 2. The van der Waals surface area contributed by atoms with E-state index in [9.17, 15) is 0 Å². The van der Waals surface area contributed by atoms with Crippen molar-refractivity contribution in [3.63, 3.8) is 0 Å². The monoisotopic (exact) mass is 382 g/mol. The third-order valence-electron chi connectivity index (χ3n) is 2.05. The Hall–Kier alpha value is 0.183. The Bertz CT molecular complexity index is 293. The van der Waals surface area contributed by atoms with Gasteiger partial charge in [0, 0.05) is 0 Å². The molecule has 0 aromatic carbocycles. The first-order valence-corrected chi connectivity index (χ1v) is 7.58. The van der Waals surface area contributed by atoms with Crippen LogP contribution in [0.15, 0.2) is 11.5 Å². The van der Waals surface area contributed by atoms with E-state index in [1.54, 1.807) is 0 Å². The van der Waals surface area contributed by atoms with Crippen molar-refractivity contribution in [2.45, 2.75) is 41.5 Å². The number of rotatable bonds is 0. The summed E-state index contributed by atoms with van der Waals surface area (Å²) in [5.41, 5.74) is 5.87. The zero-order valence-electron chi connectivity index (χ0n) is 15.3. The van der Waals surface area contributed by atoms with Gasteiger partial charge < -0.3 is 23.6 Å². The van der Waals surface area contributed by atoms with Gasteiger partial charge in [0.15, 0.2) is 0 Å². The van der Waals surface area contributed by atoms with Crippen LogP contribution in [-0.4, -0.2) is 0 Å². The first kappa shape index (κ1) is 25.4. The minimum Gasteiger partial charge on any atom is -0.533 e. The average Bonchev–Trinajstić information content (AvgIpc) is 3.08. The zero-order chi connectivity index (χ0) is 16.9. The van der Waals surface area contributed by atoms with E-state index in [0.29, 0.717) is 0 Å². The van der Waals surface area contributed by atoms with Crippen LogP contribution in [0.4, 0.5) is 0 Å². The fourth-order valence-electron chi connectivity index (χ4n) is 1.08.